The number of ether oxygens (including phenoxy) is 2. The third-order valence-corrected chi connectivity index (χ3v) is 3.31. The van der Waals surface area contributed by atoms with Crippen LogP contribution in [-0.4, -0.2) is 29.7 Å². The van der Waals surface area contributed by atoms with E-state index in [0.29, 0.717) is 11.2 Å². The van der Waals surface area contributed by atoms with Gasteiger partial charge in [-0.2, -0.15) is 4.90 Å². The van der Waals surface area contributed by atoms with Crippen molar-refractivity contribution in [1.29, 1.82) is 0 Å². The van der Waals surface area contributed by atoms with E-state index in [9.17, 15) is 19.2 Å². The highest BCUT2D eigenvalue weighted by Crippen LogP contribution is 2.32. The smallest absolute Gasteiger partial charge is 0.424 e. The van der Waals surface area contributed by atoms with Crippen molar-refractivity contribution in [3.63, 3.8) is 0 Å². The molecule has 28 heavy (non-hydrogen) atoms. The fourth-order valence-electron chi connectivity index (χ4n) is 2.37. The van der Waals surface area contributed by atoms with E-state index in [1.54, 1.807) is 41.5 Å². The van der Waals surface area contributed by atoms with Crippen LogP contribution >= 0.6 is 0 Å². The Morgan fingerprint density at radius 2 is 1.46 bits per heavy atom. The average Bonchev–Trinajstić information content (AvgIpc) is 2.51. The second-order valence-corrected chi connectivity index (χ2v) is 8.08. The van der Waals surface area contributed by atoms with Gasteiger partial charge in [0.25, 0.3) is 0 Å². The van der Waals surface area contributed by atoms with Crippen LogP contribution in [0.4, 0.5) is 15.3 Å². The summed E-state index contributed by atoms with van der Waals surface area (Å²) in [5.74, 6) is 0. The summed E-state index contributed by atoms with van der Waals surface area (Å²) in [6.45, 7) is 9.84. The lowest BCUT2D eigenvalue weighted by atomic mass is 10.1. The van der Waals surface area contributed by atoms with Crippen LogP contribution in [0, 0.1) is 0 Å². The standard InChI is InChI=1S/C20H23NO7/c1-19(2,3)27-17(24)21(18(25)28-20(4,5)6)16-12(11-22)7-9-14-13(16)8-10-15(23)26-14/h7-11H,1-6H3. The van der Waals surface area contributed by atoms with Crippen LogP contribution in [0.3, 0.4) is 0 Å². The number of rotatable bonds is 2. The van der Waals surface area contributed by atoms with E-state index < -0.39 is 29.0 Å². The molecule has 0 saturated heterocycles. The van der Waals surface area contributed by atoms with Gasteiger partial charge in [0.05, 0.1) is 5.69 Å². The van der Waals surface area contributed by atoms with E-state index in [1.165, 1.54) is 18.2 Å². The molecule has 0 spiro atoms. The number of imide groups is 1. The Hall–Kier alpha value is -3.16. The van der Waals surface area contributed by atoms with E-state index in [4.69, 9.17) is 13.9 Å². The number of carbonyl (C=O) groups excluding carboxylic acids is 3. The first kappa shape index (κ1) is 21.1. The van der Waals surface area contributed by atoms with E-state index in [-0.39, 0.29) is 22.2 Å². The molecule has 0 unspecified atom stereocenters. The van der Waals surface area contributed by atoms with Crippen molar-refractivity contribution in [1.82, 2.24) is 0 Å². The van der Waals surface area contributed by atoms with Crippen LogP contribution in [0.15, 0.2) is 33.5 Å². The van der Waals surface area contributed by atoms with Crippen molar-refractivity contribution in [3.8, 4) is 0 Å². The van der Waals surface area contributed by atoms with E-state index >= 15 is 0 Å². The molecule has 1 aromatic carbocycles. The SMILES string of the molecule is CC(C)(C)OC(=O)N(C(=O)OC(C)(C)C)c1c(C=O)ccc2oc(=O)ccc12. The lowest BCUT2D eigenvalue weighted by Crippen LogP contribution is -2.44. The minimum Gasteiger partial charge on any atom is -0.443 e. The van der Waals surface area contributed by atoms with Crippen LogP contribution in [0.25, 0.3) is 11.0 Å². The zero-order valence-electron chi connectivity index (χ0n) is 16.7. The van der Waals surface area contributed by atoms with Crippen molar-refractivity contribution in [2.24, 2.45) is 0 Å². The molecule has 0 aliphatic carbocycles. The molecule has 1 heterocycles. The molecule has 2 amide bonds. The first-order chi connectivity index (χ1) is 12.8. The minimum absolute atomic E-state index is 0.0260. The Balaban J connectivity index is 2.75. The van der Waals surface area contributed by atoms with Crippen molar-refractivity contribution in [3.05, 3.63) is 40.2 Å². The summed E-state index contributed by atoms with van der Waals surface area (Å²) in [6.07, 6.45) is -1.56. The largest absolute Gasteiger partial charge is 0.443 e. The van der Waals surface area contributed by atoms with Crippen molar-refractivity contribution in [2.45, 2.75) is 52.7 Å². The van der Waals surface area contributed by atoms with Gasteiger partial charge in [-0.3, -0.25) is 4.79 Å². The van der Waals surface area contributed by atoms with Gasteiger partial charge in [0.2, 0.25) is 0 Å². The van der Waals surface area contributed by atoms with Crippen LogP contribution in [-0.2, 0) is 9.47 Å². The van der Waals surface area contributed by atoms with Crippen molar-refractivity contribution >= 4 is 35.1 Å². The molecule has 2 aromatic rings. The number of carbonyl (C=O) groups is 3. The number of fused-ring (bicyclic) bond motifs is 1. The number of anilines is 1. The fraction of sp³-hybridized carbons (Fsp3) is 0.400. The van der Waals surface area contributed by atoms with E-state index in [1.807, 2.05) is 0 Å². The summed E-state index contributed by atoms with van der Waals surface area (Å²) in [7, 11) is 0. The summed E-state index contributed by atoms with van der Waals surface area (Å²) < 4.78 is 15.8. The number of hydrogen-bond donors (Lipinski definition) is 0. The van der Waals surface area contributed by atoms with Gasteiger partial charge >= 0.3 is 17.8 Å². The van der Waals surface area contributed by atoms with Crippen molar-refractivity contribution in [2.75, 3.05) is 4.90 Å². The van der Waals surface area contributed by atoms with Gasteiger partial charge in [0.1, 0.15) is 16.8 Å². The molecule has 2 rings (SSSR count). The second-order valence-electron chi connectivity index (χ2n) is 8.08. The molecule has 0 saturated carbocycles. The number of aldehydes is 1. The Kier molecular flexibility index (Phi) is 5.63. The molecule has 150 valence electrons. The first-order valence-electron chi connectivity index (χ1n) is 8.60. The van der Waals surface area contributed by atoms with E-state index in [2.05, 4.69) is 0 Å². The molecule has 0 aliphatic heterocycles. The predicted molar refractivity (Wildman–Crippen MR) is 103 cm³/mol. The molecule has 0 aliphatic rings. The predicted octanol–water partition coefficient (Wildman–Crippen LogP) is 4.28. The molecular weight excluding hydrogens is 366 g/mol. The molecule has 0 radical (unpaired) electrons. The molecule has 8 nitrogen and oxygen atoms in total. The van der Waals surface area contributed by atoms with Crippen LogP contribution < -0.4 is 10.5 Å². The maximum atomic E-state index is 12.9. The highest BCUT2D eigenvalue weighted by Gasteiger charge is 2.35. The van der Waals surface area contributed by atoms with Crippen LogP contribution in [0.2, 0.25) is 0 Å². The highest BCUT2D eigenvalue weighted by molar-refractivity contribution is 6.17. The van der Waals surface area contributed by atoms with Gasteiger partial charge in [0.15, 0.2) is 6.29 Å². The number of hydrogen-bond acceptors (Lipinski definition) is 7. The Bertz CT molecular complexity index is 949. The van der Waals surface area contributed by atoms with Gasteiger partial charge in [-0.15, -0.1) is 0 Å². The third-order valence-electron chi connectivity index (χ3n) is 3.31. The van der Waals surface area contributed by atoms with Crippen LogP contribution in [0.1, 0.15) is 51.9 Å². The molecule has 0 N–H and O–H groups in total. The molecule has 0 atom stereocenters. The molecule has 8 heteroatoms. The Morgan fingerprint density at radius 3 is 1.93 bits per heavy atom. The molecule has 1 aromatic heterocycles. The van der Waals surface area contributed by atoms with Gasteiger partial charge in [-0.05, 0) is 59.7 Å². The lowest BCUT2D eigenvalue weighted by molar-refractivity contribution is 0.0431. The van der Waals surface area contributed by atoms with Crippen molar-refractivity contribution < 1.29 is 28.3 Å². The van der Waals surface area contributed by atoms with Crippen LogP contribution in [0.5, 0.6) is 0 Å². The van der Waals surface area contributed by atoms with Gasteiger partial charge < -0.3 is 13.9 Å². The van der Waals surface area contributed by atoms with Gasteiger partial charge in [-0.1, -0.05) is 0 Å². The second kappa shape index (κ2) is 7.46. The topological polar surface area (TPSA) is 103 Å². The quantitative estimate of drug-likeness (QED) is 0.558. The zero-order valence-corrected chi connectivity index (χ0v) is 16.7. The lowest BCUT2D eigenvalue weighted by Gasteiger charge is -2.29. The summed E-state index contributed by atoms with van der Waals surface area (Å²) in [5.41, 5.74) is -2.38. The normalized spacial score (nSPS) is 11.8. The summed E-state index contributed by atoms with van der Waals surface area (Å²) in [5, 5.41) is 0.209. The molecular formula is C20H23NO7. The maximum Gasteiger partial charge on any atom is 0.424 e. The zero-order chi connectivity index (χ0) is 21.3. The number of amides is 2. The summed E-state index contributed by atoms with van der Waals surface area (Å²) >= 11 is 0. The number of benzene rings is 1. The Labute approximate surface area is 162 Å². The minimum atomic E-state index is -1.02. The summed E-state index contributed by atoms with van der Waals surface area (Å²) in [4.78, 5) is 49.5. The third kappa shape index (κ3) is 4.97. The molecule has 0 bridgehead atoms. The fourth-order valence-corrected chi connectivity index (χ4v) is 2.37. The highest BCUT2D eigenvalue weighted by atomic mass is 16.6. The van der Waals surface area contributed by atoms with Gasteiger partial charge in [0, 0.05) is 17.0 Å². The first-order valence-corrected chi connectivity index (χ1v) is 8.60. The molecule has 0 fully saturated rings. The van der Waals surface area contributed by atoms with E-state index in [0.717, 1.165) is 6.07 Å². The maximum absolute atomic E-state index is 12.9. The van der Waals surface area contributed by atoms with Gasteiger partial charge in [-0.25, -0.2) is 14.4 Å². The Morgan fingerprint density at radius 1 is 0.929 bits per heavy atom. The number of nitrogens with zero attached hydrogens (tertiary/aromatic N) is 1. The average molecular weight is 389 g/mol. The summed E-state index contributed by atoms with van der Waals surface area (Å²) in [6, 6.07) is 5.25. The monoisotopic (exact) mass is 389 g/mol.